The van der Waals surface area contributed by atoms with E-state index in [1.165, 1.54) is 0 Å². The number of ether oxygens (including phenoxy) is 1. The second kappa shape index (κ2) is 7.14. The highest BCUT2D eigenvalue weighted by atomic mass is 32.2. The highest BCUT2D eigenvalue weighted by Gasteiger charge is 2.39. The van der Waals surface area contributed by atoms with E-state index in [2.05, 4.69) is 5.32 Å². The summed E-state index contributed by atoms with van der Waals surface area (Å²) in [7, 11) is 0. The minimum Gasteiger partial charge on any atom is -0.464 e. The van der Waals surface area contributed by atoms with Gasteiger partial charge >= 0.3 is 5.97 Å². The number of hydrogen-bond acceptors (Lipinski definition) is 5. The number of hydrogen-bond donors (Lipinski definition) is 1. The van der Waals surface area contributed by atoms with E-state index in [1.807, 2.05) is 20.8 Å². The summed E-state index contributed by atoms with van der Waals surface area (Å²) in [6.07, 6.45) is 0. The number of likely N-dealkylation sites (N-methyl/N-ethyl adjacent to an activating group) is 1. The van der Waals surface area contributed by atoms with Crippen molar-refractivity contribution in [3.05, 3.63) is 0 Å². The first-order chi connectivity index (χ1) is 8.94. The van der Waals surface area contributed by atoms with Gasteiger partial charge in [-0.15, -0.1) is 0 Å². The highest BCUT2D eigenvalue weighted by molar-refractivity contribution is 7.99. The van der Waals surface area contributed by atoms with Gasteiger partial charge in [-0.3, -0.25) is 4.79 Å². The van der Waals surface area contributed by atoms with Crippen molar-refractivity contribution in [3.8, 4) is 0 Å². The van der Waals surface area contributed by atoms with Gasteiger partial charge in [-0.05, 0) is 27.3 Å². The van der Waals surface area contributed by atoms with Gasteiger partial charge in [-0.2, -0.15) is 11.8 Å². The zero-order chi connectivity index (χ0) is 14.5. The SMILES string of the molecule is CCNC(C)(C)C(=O)N1CCSCC1C(=O)OCC. The Kier molecular flexibility index (Phi) is 6.13. The molecule has 1 unspecified atom stereocenters. The Morgan fingerprint density at radius 2 is 2.11 bits per heavy atom. The molecule has 6 heteroatoms. The van der Waals surface area contributed by atoms with E-state index in [9.17, 15) is 9.59 Å². The predicted molar refractivity (Wildman–Crippen MR) is 77.2 cm³/mol. The molecule has 0 bridgehead atoms. The summed E-state index contributed by atoms with van der Waals surface area (Å²) < 4.78 is 5.07. The molecule has 0 aromatic carbocycles. The lowest BCUT2D eigenvalue weighted by molar-refractivity contribution is -0.155. The summed E-state index contributed by atoms with van der Waals surface area (Å²) in [6.45, 7) is 9.10. The van der Waals surface area contributed by atoms with Crippen molar-refractivity contribution in [3.63, 3.8) is 0 Å². The lowest BCUT2D eigenvalue weighted by Gasteiger charge is -2.38. The molecule has 0 aromatic heterocycles. The molecular formula is C13H24N2O3S. The molecule has 1 atom stereocenters. The van der Waals surface area contributed by atoms with E-state index in [4.69, 9.17) is 4.74 Å². The van der Waals surface area contributed by atoms with Crippen LogP contribution in [-0.2, 0) is 14.3 Å². The fraction of sp³-hybridized carbons (Fsp3) is 0.846. The van der Waals surface area contributed by atoms with Gasteiger partial charge in [0.2, 0.25) is 5.91 Å². The molecule has 1 amide bonds. The maximum Gasteiger partial charge on any atom is 0.329 e. The van der Waals surface area contributed by atoms with Crippen LogP contribution in [0.2, 0.25) is 0 Å². The second-order valence-electron chi connectivity index (χ2n) is 5.00. The van der Waals surface area contributed by atoms with Crippen LogP contribution in [0.4, 0.5) is 0 Å². The van der Waals surface area contributed by atoms with Crippen molar-refractivity contribution in [1.82, 2.24) is 10.2 Å². The first kappa shape index (κ1) is 16.3. The molecule has 1 heterocycles. The molecule has 0 aliphatic carbocycles. The van der Waals surface area contributed by atoms with Crippen molar-refractivity contribution in [2.24, 2.45) is 0 Å². The molecular weight excluding hydrogens is 264 g/mol. The Labute approximate surface area is 119 Å². The number of nitrogens with one attached hydrogen (secondary N) is 1. The van der Waals surface area contributed by atoms with Crippen LogP contribution in [0.5, 0.6) is 0 Å². The Hall–Kier alpha value is -0.750. The molecule has 0 aromatic rings. The van der Waals surface area contributed by atoms with Gasteiger partial charge < -0.3 is 15.0 Å². The fourth-order valence-corrected chi connectivity index (χ4v) is 3.19. The third kappa shape index (κ3) is 4.11. The maximum atomic E-state index is 12.6. The van der Waals surface area contributed by atoms with Crippen LogP contribution in [0.15, 0.2) is 0 Å². The zero-order valence-electron chi connectivity index (χ0n) is 12.2. The first-order valence-corrected chi connectivity index (χ1v) is 7.90. The summed E-state index contributed by atoms with van der Waals surface area (Å²) in [5.41, 5.74) is -0.651. The van der Waals surface area contributed by atoms with Gasteiger partial charge in [0.25, 0.3) is 0 Å². The molecule has 1 saturated heterocycles. The minimum absolute atomic E-state index is 0.0345. The van der Waals surface area contributed by atoms with Gasteiger partial charge in [-0.25, -0.2) is 4.79 Å². The third-order valence-corrected chi connectivity index (χ3v) is 4.12. The van der Waals surface area contributed by atoms with Crippen LogP contribution in [-0.4, -0.2) is 59.6 Å². The topological polar surface area (TPSA) is 58.6 Å². The van der Waals surface area contributed by atoms with Gasteiger partial charge in [-0.1, -0.05) is 6.92 Å². The maximum absolute atomic E-state index is 12.6. The molecule has 0 saturated carbocycles. The molecule has 0 spiro atoms. The molecule has 1 fully saturated rings. The van der Waals surface area contributed by atoms with Crippen LogP contribution in [0.1, 0.15) is 27.7 Å². The molecule has 1 aliphatic heterocycles. The Bertz CT molecular complexity index is 334. The number of thioether (sulfide) groups is 1. The summed E-state index contributed by atoms with van der Waals surface area (Å²) in [4.78, 5) is 26.2. The van der Waals surface area contributed by atoms with E-state index in [-0.39, 0.29) is 11.9 Å². The van der Waals surface area contributed by atoms with Crippen molar-refractivity contribution in [2.75, 3.05) is 31.2 Å². The van der Waals surface area contributed by atoms with Crippen LogP contribution < -0.4 is 5.32 Å². The Morgan fingerprint density at radius 3 is 2.68 bits per heavy atom. The second-order valence-corrected chi connectivity index (χ2v) is 6.15. The summed E-state index contributed by atoms with van der Waals surface area (Å²) in [5, 5.41) is 3.16. The smallest absolute Gasteiger partial charge is 0.329 e. The van der Waals surface area contributed by atoms with Gasteiger partial charge in [0.05, 0.1) is 12.1 Å². The van der Waals surface area contributed by atoms with Crippen LogP contribution in [0.25, 0.3) is 0 Å². The number of rotatable bonds is 5. The number of carbonyl (C=O) groups is 2. The minimum atomic E-state index is -0.651. The molecule has 19 heavy (non-hydrogen) atoms. The van der Waals surface area contributed by atoms with Crippen molar-refractivity contribution in [2.45, 2.75) is 39.3 Å². The Balaban J connectivity index is 2.82. The van der Waals surface area contributed by atoms with Crippen LogP contribution >= 0.6 is 11.8 Å². The number of amides is 1. The number of nitrogens with zero attached hydrogens (tertiary/aromatic N) is 1. The molecule has 0 radical (unpaired) electrons. The normalized spacial score (nSPS) is 20.2. The first-order valence-electron chi connectivity index (χ1n) is 6.74. The van der Waals surface area contributed by atoms with Crippen molar-refractivity contribution < 1.29 is 14.3 Å². The van der Waals surface area contributed by atoms with E-state index in [0.29, 0.717) is 25.4 Å². The monoisotopic (exact) mass is 288 g/mol. The van der Waals surface area contributed by atoms with Crippen LogP contribution in [0, 0.1) is 0 Å². The van der Waals surface area contributed by atoms with E-state index in [0.717, 1.165) is 5.75 Å². The Morgan fingerprint density at radius 1 is 1.42 bits per heavy atom. The van der Waals surface area contributed by atoms with E-state index >= 15 is 0 Å². The molecule has 1 aliphatic rings. The molecule has 110 valence electrons. The fourth-order valence-electron chi connectivity index (χ4n) is 2.16. The highest BCUT2D eigenvalue weighted by Crippen LogP contribution is 2.21. The lowest BCUT2D eigenvalue weighted by atomic mass is 10.0. The van der Waals surface area contributed by atoms with Crippen molar-refractivity contribution >= 4 is 23.6 Å². The number of carbonyl (C=O) groups excluding carboxylic acids is 2. The van der Waals surface area contributed by atoms with Gasteiger partial charge in [0.1, 0.15) is 6.04 Å². The predicted octanol–water partition coefficient (Wildman–Crippen LogP) is 0.882. The van der Waals surface area contributed by atoms with Crippen molar-refractivity contribution in [1.29, 1.82) is 0 Å². The summed E-state index contributed by atoms with van der Waals surface area (Å²) in [6, 6.07) is -0.455. The van der Waals surface area contributed by atoms with Crippen LogP contribution in [0.3, 0.4) is 0 Å². The average Bonchev–Trinajstić information content (AvgIpc) is 2.38. The lowest BCUT2D eigenvalue weighted by Crippen LogP contribution is -2.60. The van der Waals surface area contributed by atoms with E-state index in [1.54, 1.807) is 23.6 Å². The summed E-state index contributed by atoms with van der Waals surface area (Å²) in [5.74, 6) is 1.15. The molecule has 1 N–H and O–H groups in total. The third-order valence-electron chi connectivity index (χ3n) is 3.10. The average molecular weight is 288 g/mol. The quantitative estimate of drug-likeness (QED) is 0.761. The van der Waals surface area contributed by atoms with Gasteiger partial charge in [0, 0.05) is 18.1 Å². The largest absolute Gasteiger partial charge is 0.464 e. The molecule has 5 nitrogen and oxygen atoms in total. The summed E-state index contributed by atoms with van der Waals surface area (Å²) >= 11 is 1.69. The zero-order valence-corrected chi connectivity index (χ0v) is 13.0. The standard InChI is InChI=1S/C13H24N2O3S/c1-5-14-13(3,4)12(17)15-7-8-19-9-10(15)11(16)18-6-2/h10,14H,5-9H2,1-4H3. The molecule has 1 rings (SSSR count). The van der Waals surface area contributed by atoms with Gasteiger partial charge in [0.15, 0.2) is 0 Å². The van der Waals surface area contributed by atoms with E-state index < -0.39 is 11.6 Å². The number of esters is 1.